The maximum Gasteiger partial charge on any atom is 0.240 e. The molecule has 1 heterocycles. The fourth-order valence-electron chi connectivity index (χ4n) is 3.13. The highest BCUT2D eigenvalue weighted by atomic mass is 16.2. The highest BCUT2D eigenvalue weighted by Crippen LogP contribution is 2.37. The molecule has 2 rings (SSSR count). The molecule has 0 aromatic carbocycles. The molecule has 0 aromatic heterocycles. The van der Waals surface area contributed by atoms with Gasteiger partial charge in [-0.3, -0.25) is 4.79 Å². The van der Waals surface area contributed by atoms with Crippen LogP contribution in [0.15, 0.2) is 0 Å². The van der Waals surface area contributed by atoms with Gasteiger partial charge < -0.3 is 10.2 Å². The van der Waals surface area contributed by atoms with E-state index in [0.29, 0.717) is 0 Å². The van der Waals surface area contributed by atoms with E-state index in [1.165, 1.54) is 12.8 Å². The lowest BCUT2D eigenvalue weighted by Crippen LogP contribution is -2.46. The Labute approximate surface area is 109 Å². The van der Waals surface area contributed by atoms with Gasteiger partial charge in [0.05, 0.1) is 6.07 Å². The van der Waals surface area contributed by atoms with Crippen LogP contribution in [0.5, 0.6) is 0 Å². The largest absolute Gasteiger partial charge is 0.351 e. The second kappa shape index (κ2) is 5.71. The summed E-state index contributed by atoms with van der Waals surface area (Å²) in [5.74, 6) is -0.0470. The van der Waals surface area contributed by atoms with E-state index in [9.17, 15) is 10.1 Å². The molecule has 100 valence electrons. The second-order valence-corrected chi connectivity index (χ2v) is 5.78. The van der Waals surface area contributed by atoms with Crippen molar-refractivity contribution in [3.05, 3.63) is 0 Å². The summed E-state index contributed by atoms with van der Waals surface area (Å²) >= 11 is 0. The first-order valence-corrected chi connectivity index (χ1v) is 7.11. The van der Waals surface area contributed by atoms with Gasteiger partial charge in [0, 0.05) is 12.6 Å². The van der Waals surface area contributed by atoms with E-state index in [4.69, 9.17) is 0 Å². The maximum atomic E-state index is 12.2. The highest BCUT2D eigenvalue weighted by Gasteiger charge is 2.41. The van der Waals surface area contributed by atoms with Gasteiger partial charge in [0.25, 0.3) is 0 Å². The number of carbonyl (C=O) groups is 1. The Morgan fingerprint density at radius 1 is 1.33 bits per heavy atom. The Kier molecular flexibility index (Phi) is 4.23. The Morgan fingerprint density at radius 2 is 1.94 bits per heavy atom. The summed E-state index contributed by atoms with van der Waals surface area (Å²) < 4.78 is 0. The molecule has 0 radical (unpaired) electrons. The van der Waals surface area contributed by atoms with Crippen LogP contribution in [0.1, 0.15) is 45.4 Å². The minimum Gasteiger partial charge on any atom is -0.351 e. The zero-order chi connectivity index (χ0) is 13.0. The van der Waals surface area contributed by atoms with E-state index in [1.807, 2.05) is 6.92 Å². The molecule has 4 nitrogen and oxygen atoms in total. The van der Waals surface area contributed by atoms with Crippen LogP contribution in [0, 0.1) is 16.7 Å². The van der Waals surface area contributed by atoms with Crippen LogP contribution in [0.3, 0.4) is 0 Å². The molecular formula is C14H23N3O. The zero-order valence-electron chi connectivity index (χ0n) is 11.2. The van der Waals surface area contributed by atoms with Crippen LogP contribution in [0.4, 0.5) is 0 Å². The van der Waals surface area contributed by atoms with E-state index in [-0.39, 0.29) is 11.9 Å². The lowest BCUT2D eigenvalue weighted by atomic mass is 9.87. The van der Waals surface area contributed by atoms with Crippen LogP contribution in [-0.2, 0) is 4.79 Å². The first-order valence-electron chi connectivity index (χ1n) is 7.11. The molecule has 1 atom stereocenters. The van der Waals surface area contributed by atoms with E-state index >= 15 is 0 Å². The third-order valence-corrected chi connectivity index (χ3v) is 4.21. The van der Waals surface area contributed by atoms with Crippen molar-refractivity contribution in [2.45, 2.75) is 51.5 Å². The molecule has 18 heavy (non-hydrogen) atoms. The average molecular weight is 249 g/mol. The molecule has 0 bridgehead atoms. The lowest BCUT2D eigenvalue weighted by molar-refractivity contribution is -0.128. The van der Waals surface area contributed by atoms with Crippen molar-refractivity contribution in [1.82, 2.24) is 10.2 Å². The third kappa shape index (κ3) is 2.84. The van der Waals surface area contributed by atoms with E-state index in [1.54, 1.807) is 0 Å². The highest BCUT2D eigenvalue weighted by molar-refractivity contribution is 5.85. The van der Waals surface area contributed by atoms with Crippen molar-refractivity contribution in [2.24, 2.45) is 5.41 Å². The standard InChI is InChI=1S/C14H23N3O/c1-12(10-17-8-4-5-9-17)16-13(18)14(11-15)6-2-3-7-14/h12H,2-10H2,1H3,(H,16,18). The zero-order valence-corrected chi connectivity index (χ0v) is 11.2. The Bertz CT molecular complexity index is 335. The lowest BCUT2D eigenvalue weighted by Gasteiger charge is -2.25. The maximum absolute atomic E-state index is 12.2. The summed E-state index contributed by atoms with van der Waals surface area (Å²) in [5, 5.41) is 12.3. The van der Waals surface area contributed by atoms with Crippen molar-refractivity contribution in [2.75, 3.05) is 19.6 Å². The first kappa shape index (κ1) is 13.4. The number of nitrogens with zero attached hydrogens (tertiary/aromatic N) is 2. The molecule has 0 aromatic rings. The molecule has 1 saturated heterocycles. The Hall–Kier alpha value is -1.08. The van der Waals surface area contributed by atoms with Gasteiger partial charge in [-0.1, -0.05) is 12.8 Å². The summed E-state index contributed by atoms with van der Waals surface area (Å²) in [6.07, 6.45) is 5.99. The van der Waals surface area contributed by atoms with Gasteiger partial charge in [-0.25, -0.2) is 0 Å². The van der Waals surface area contributed by atoms with Crippen molar-refractivity contribution < 1.29 is 4.79 Å². The average Bonchev–Trinajstić information content (AvgIpc) is 2.99. The molecule has 4 heteroatoms. The monoisotopic (exact) mass is 249 g/mol. The van der Waals surface area contributed by atoms with Gasteiger partial charge >= 0.3 is 0 Å². The van der Waals surface area contributed by atoms with E-state index < -0.39 is 5.41 Å². The Morgan fingerprint density at radius 3 is 2.50 bits per heavy atom. The van der Waals surface area contributed by atoms with Gasteiger partial charge in [-0.15, -0.1) is 0 Å². The number of likely N-dealkylation sites (tertiary alicyclic amines) is 1. The van der Waals surface area contributed by atoms with Gasteiger partial charge in [0.1, 0.15) is 5.41 Å². The smallest absolute Gasteiger partial charge is 0.240 e. The molecule has 2 aliphatic rings. The minimum absolute atomic E-state index is 0.0470. The summed E-state index contributed by atoms with van der Waals surface area (Å²) in [6, 6.07) is 2.39. The topological polar surface area (TPSA) is 56.1 Å². The first-order chi connectivity index (χ1) is 8.66. The fourth-order valence-corrected chi connectivity index (χ4v) is 3.13. The normalized spacial score (nSPS) is 24.7. The Balaban J connectivity index is 1.84. The number of amides is 1. The van der Waals surface area contributed by atoms with Crippen LogP contribution in [0.25, 0.3) is 0 Å². The second-order valence-electron chi connectivity index (χ2n) is 5.78. The third-order valence-electron chi connectivity index (χ3n) is 4.21. The van der Waals surface area contributed by atoms with Crippen molar-refractivity contribution in [3.63, 3.8) is 0 Å². The van der Waals surface area contributed by atoms with Gasteiger partial charge in [0.15, 0.2) is 0 Å². The van der Waals surface area contributed by atoms with Crippen LogP contribution in [0.2, 0.25) is 0 Å². The molecule has 1 unspecified atom stereocenters. The summed E-state index contributed by atoms with van der Waals surface area (Å²) in [7, 11) is 0. The molecule has 0 spiro atoms. The number of hydrogen-bond donors (Lipinski definition) is 1. The number of nitrogens with one attached hydrogen (secondary N) is 1. The van der Waals surface area contributed by atoms with Gasteiger partial charge in [-0.05, 0) is 45.7 Å². The number of rotatable bonds is 4. The van der Waals surface area contributed by atoms with Crippen molar-refractivity contribution in [1.29, 1.82) is 5.26 Å². The minimum atomic E-state index is -0.737. The van der Waals surface area contributed by atoms with E-state index in [2.05, 4.69) is 16.3 Å². The number of hydrogen-bond acceptors (Lipinski definition) is 3. The molecular weight excluding hydrogens is 226 g/mol. The summed E-state index contributed by atoms with van der Waals surface area (Å²) in [6.45, 7) is 5.23. The predicted octanol–water partition coefficient (Wildman–Crippen LogP) is 1.67. The molecule has 1 aliphatic heterocycles. The molecule has 1 aliphatic carbocycles. The molecule has 1 saturated carbocycles. The number of carbonyl (C=O) groups excluding carboxylic acids is 1. The molecule has 2 fully saturated rings. The summed E-state index contributed by atoms with van der Waals surface area (Å²) in [4.78, 5) is 14.6. The predicted molar refractivity (Wildman–Crippen MR) is 69.8 cm³/mol. The van der Waals surface area contributed by atoms with Crippen LogP contribution in [-0.4, -0.2) is 36.5 Å². The molecule has 1 N–H and O–H groups in total. The van der Waals surface area contributed by atoms with E-state index in [0.717, 1.165) is 45.3 Å². The molecule has 1 amide bonds. The SMILES string of the molecule is CC(CN1CCCC1)NC(=O)C1(C#N)CCCC1. The van der Waals surface area contributed by atoms with Crippen molar-refractivity contribution in [3.8, 4) is 6.07 Å². The van der Waals surface area contributed by atoms with Gasteiger partial charge in [0.2, 0.25) is 5.91 Å². The van der Waals surface area contributed by atoms with Gasteiger partial charge in [-0.2, -0.15) is 5.26 Å². The van der Waals surface area contributed by atoms with Crippen LogP contribution < -0.4 is 5.32 Å². The quantitative estimate of drug-likeness (QED) is 0.824. The fraction of sp³-hybridized carbons (Fsp3) is 0.857. The number of nitriles is 1. The summed E-state index contributed by atoms with van der Waals surface area (Å²) in [5.41, 5.74) is -0.737. The van der Waals surface area contributed by atoms with Crippen LogP contribution >= 0.6 is 0 Å². The van der Waals surface area contributed by atoms with Crippen molar-refractivity contribution >= 4 is 5.91 Å².